The lowest BCUT2D eigenvalue weighted by molar-refractivity contribution is -0.132. The Morgan fingerprint density at radius 1 is 0.939 bits per heavy atom. The fraction of sp³-hybridized carbons (Fsp3) is 0.333. The van der Waals surface area contributed by atoms with Crippen molar-refractivity contribution < 1.29 is 18.7 Å². The molecule has 3 rings (SSSR count). The third-order valence-corrected chi connectivity index (χ3v) is 5.33. The van der Waals surface area contributed by atoms with Crippen LogP contribution in [0.5, 0.6) is 5.75 Å². The monoisotopic (exact) mass is 448 g/mol. The van der Waals surface area contributed by atoms with Crippen molar-refractivity contribution in [3.63, 3.8) is 0 Å². The molecule has 0 N–H and O–H groups in total. The lowest BCUT2D eigenvalue weighted by atomic mass is 10.1. The Bertz CT molecular complexity index is 1020. The zero-order chi connectivity index (χ0) is 23.6. The summed E-state index contributed by atoms with van der Waals surface area (Å²) in [6.07, 6.45) is 2.32. The van der Waals surface area contributed by atoms with Crippen LogP contribution in [0.4, 0.5) is 0 Å². The molecule has 33 heavy (non-hydrogen) atoms. The van der Waals surface area contributed by atoms with Crippen LogP contribution in [-0.2, 0) is 17.8 Å². The molecule has 0 radical (unpaired) electrons. The van der Waals surface area contributed by atoms with E-state index < -0.39 is 0 Å². The maximum atomic E-state index is 13.4. The molecule has 0 unspecified atom stereocenters. The van der Waals surface area contributed by atoms with Gasteiger partial charge in [-0.2, -0.15) is 0 Å². The van der Waals surface area contributed by atoms with Gasteiger partial charge in [0.15, 0.2) is 0 Å². The SMILES string of the molecule is COc1ccccc1C(=O)N(CC(=O)N(CCc1ccccc1)Cc1ccco1)CC(C)C. The Labute approximate surface area is 195 Å². The number of ether oxygens (including phenoxy) is 1. The van der Waals surface area contributed by atoms with Gasteiger partial charge in [0.25, 0.3) is 5.91 Å². The van der Waals surface area contributed by atoms with E-state index in [1.807, 2.05) is 62.4 Å². The summed E-state index contributed by atoms with van der Waals surface area (Å²) in [5, 5.41) is 0. The van der Waals surface area contributed by atoms with Crippen LogP contribution >= 0.6 is 0 Å². The average molecular weight is 449 g/mol. The van der Waals surface area contributed by atoms with Gasteiger partial charge >= 0.3 is 0 Å². The quantitative estimate of drug-likeness (QED) is 0.428. The molecule has 0 fully saturated rings. The van der Waals surface area contributed by atoms with E-state index in [2.05, 4.69) is 0 Å². The van der Waals surface area contributed by atoms with E-state index >= 15 is 0 Å². The number of rotatable bonds is 11. The summed E-state index contributed by atoms with van der Waals surface area (Å²) >= 11 is 0. The highest BCUT2D eigenvalue weighted by Gasteiger charge is 2.25. The summed E-state index contributed by atoms with van der Waals surface area (Å²) in [6.45, 7) is 5.41. The molecule has 2 amide bonds. The highest BCUT2D eigenvalue weighted by molar-refractivity contribution is 5.98. The second-order valence-electron chi connectivity index (χ2n) is 8.41. The predicted molar refractivity (Wildman–Crippen MR) is 128 cm³/mol. The smallest absolute Gasteiger partial charge is 0.258 e. The normalized spacial score (nSPS) is 10.8. The maximum Gasteiger partial charge on any atom is 0.258 e. The number of nitrogens with zero attached hydrogens (tertiary/aromatic N) is 2. The van der Waals surface area contributed by atoms with E-state index in [1.54, 1.807) is 41.4 Å². The molecule has 0 saturated carbocycles. The van der Waals surface area contributed by atoms with Crippen LogP contribution < -0.4 is 4.74 Å². The fourth-order valence-electron chi connectivity index (χ4n) is 3.71. The van der Waals surface area contributed by atoms with Crippen molar-refractivity contribution in [2.75, 3.05) is 26.7 Å². The molecule has 0 atom stereocenters. The fourth-order valence-corrected chi connectivity index (χ4v) is 3.71. The lowest BCUT2D eigenvalue weighted by Crippen LogP contribution is -2.44. The Hall–Kier alpha value is -3.54. The first kappa shape index (κ1) is 24.1. The van der Waals surface area contributed by atoms with Crippen molar-refractivity contribution in [3.8, 4) is 5.75 Å². The Kier molecular flexibility index (Phi) is 8.70. The van der Waals surface area contributed by atoms with Crippen molar-refractivity contribution in [2.45, 2.75) is 26.8 Å². The molecule has 0 aliphatic heterocycles. The van der Waals surface area contributed by atoms with Crippen molar-refractivity contribution in [1.29, 1.82) is 0 Å². The first-order valence-electron chi connectivity index (χ1n) is 11.2. The number of hydrogen-bond donors (Lipinski definition) is 0. The molecular formula is C27H32N2O4. The summed E-state index contributed by atoms with van der Waals surface area (Å²) in [4.78, 5) is 30.2. The highest BCUT2D eigenvalue weighted by atomic mass is 16.5. The summed E-state index contributed by atoms with van der Waals surface area (Å²) in [6, 6.07) is 20.8. The van der Waals surface area contributed by atoms with Gasteiger partial charge in [-0.3, -0.25) is 9.59 Å². The largest absolute Gasteiger partial charge is 0.496 e. The van der Waals surface area contributed by atoms with Crippen molar-refractivity contribution in [2.24, 2.45) is 5.92 Å². The molecule has 6 nitrogen and oxygen atoms in total. The number of amides is 2. The molecule has 0 spiro atoms. The van der Waals surface area contributed by atoms with Gasteiger partial charge in [0.2, 0.25) is 5.91 Å². The number of methoxy groups -OCH3 is 1. The number of carbonyl (C=O) groups is 2. The first-order valence-corrected chi connectivity index (χ1v) is 11.2. The van der Waals surface area contributed by atoms with Crippen molar-refractivity contribution >= 4 is 11.8 Å². The van der Waals surface area contributed by atoms with Gasteiger partial charge in [0.05, 0.1) is 25.5 Å². The van der Waals surface area contributed by atoms with E-state index in [0.29, 0.717) is 36.7 Å². The van der Waals surface area contributed by atoms with Crippen LogP contribution in [0.2, 0.25) is 0 Å². The predicted octanol–water partition coefficient (Wildman–Crippen LogP) is 4.66. The molecular weight excluding hydrogens is 416 g/mol. The lowest BCUT2D eigenvalue weighted by Gasteiger charge is -2.29. The van der Waals surface area contributed by atoms with Crippen molar-refractivity contribution in [1.82, 2.24) is 9.80 Å². The molecule has 1 aromatic heterocycles. The third kappa shape index (κ3) is 6.97. The van der Waals surface area contributed by atoms with Gasteiger partial charge in [-0.15, -0.1) is 0 Å². The Morgan fingerprint density at radius 2 is 1.67 bits per heavy atom. The van der Waals surface area contributed by atoms with Gasteiger partial charge in [-0.25, -0.2) is 0 Å². The Balaban J connectivity index is 1.78. The standard InChI is InChI=1S/C27H32N2O4/c1-21(2)18-29(27(31)24-13-7-8-14-25(24)32-3)20-26(30)28(19-23-12-9-17-33-23)16-15-22-10-5-4-6-11-22/h4-14,17,21H,15-16,18-20H2,1-3H3. The van der Waals surface area contributed by atoms with Gasteiger partial charge in [0, 0.05) is 13.1 Å². The summed E-state index contributed by atoms with van der Waals surface area (Å²) < 4.78 is 10.9. The van der Waals surface area contributed by atoms with Crippen LogP contribution in [0.15, 0.2) is 77.4 Å². The zero-order valence-electron chi connectivity index (χ0n) is 19.6. The summed E-state index contributed by atoms with van der Waals surface area (Å²) in [5.41, 5.74) is 1.61. The van der Waals surface area contributed by atoms with Gasteiger partial charge < -0.3 is 19.0 Å². The second kappa shape index (κ2) is 11.9. The highest BCUT2D eigenvalue weighted by Crippen LogP contribution is 2.20. The minimum absolute atomic E-state index is 0.00936. The number of hydrogen-bond acceptors (Lipinski definition) is 4. The van der Waals surface area contributed by atoms with Crippen LogP contribution in [-0.4, -0.2) is 48.4 Å². The number of benzene rings is 2. The second-order valence-corrected chi connectivity index (χ2v) is 8.41. The summed E-state index contributed by atoms with van der Waals surface area (Å²) in [5.74, 6) is 1.09. The molecule has 3 aromatic rings. The van der Waals surface area contributed by atoms with Crippen LogP contribution in [0.25, 0.3) is 0 Å². The minimum atomic E-state index is -0.212. The van der Waals surface area contributed by atoms with E-state index in [-0.39, 0.29) is 24.3 Å². The molecule has 174 valence electrons. The molecule has 0 saturated heterocycles. The molecule has 6 heteroatoms. The number of para-hydroxylation sites is 1. The van der Waals surface area contributed by atoms with Crippen LogP contribution in [0.1, 0.15) is 35.5 Å². The third-order valence-electron chi connectivity index (χ3n) is 5.33. The summed E-state index contributed by atoms with van der Waals surface area (Å²) in [7, 11) is 1.54. The van der Waals surface area contributed by atoms with Crippen molar-refractivity contribution in [3.05, 3.63) is 89.9 Å². The average Bonchev–Trinajstić information content (AvgIpc) is 3.34. The van der Waals surface area contributed by atoms with Crippen LogP contribution in [0.3, 0.4) is 0 Å². The molecule has 2 aromatic carbocycles. The maximum absolute atomic E-state index is 13.4. The molecule has 1 heterocycles. The number of carbonyl (C=O) groups excluding carboxylic acids is 2. The minimum Gasteiger partial charge on any atom is -0.496 e. The van der Waals surface area contributed by atoms with Gasteiger partial charge in [-0.1, -0.05) is 56.3 Å². The van der Waals surface area contributed by atoms with Gasteiger partial charge in [0.1, 0.15) is 18.1 Å². The van der Waals surface area contributed by atoms with E-state index in [4.69, 9.17) is 9.15 Å². The van der Waals surface area contributed by atoms with Crippen LogP contribution in [0, 0.1) is 5.92 Å². The molecule has 0 aliphatic rings. The van der Waals surface area contributed by atoms with E-state index in [9.17, 15) is 9.59 Å². The zero-order valence-corrected chi connectivity index (χ0v) is 19.6. The Morgan fingerprint density at radius 3 is 2.33 bits per heavy atom. The topological polar surface area (TPSA) is 63.0 Å². The molecule has 0 aliphatic carbocycles. The molecule has 0 bridgehead atoms. The van der Waals surface area contributed by atoms with E-state index in [0.717, 1.165) is 12.0 Å². The number of furan rings is 1. The van der Waals surface area contributed by atoms with Gasteiger partial charge in [-0.05, 0) is 42.2 Å². The first-order chi connectivity index (χ1) is 16.0. The van der Waals surface area contributed by atoms with E-state index in [1.165, 1.54) is 0 Å².